The molecule has 1 rings (SSSR count). The van der Waals surface area contributed by atoms with Crippen molar-refractivity contribution in [2.45, 2.75) is 6.42 Å². The van der Waals surface area contributed by atoms with Gasteiger partial charge in [0.15, 0.2) is 6.29 Å². The number of ether oxygens (including phenoxy) is 1. The molecule has 78 valence electrons. The number of para-hydroxylation sites is 1. The highest BCUT2D eigenvalue weighted by Crippen LogP contribution is 2.23. The van der Waals surface area contributed by atoms with Crippen LogP contribution >= 0.6 is 0 Å². The maximum Gasteiger partial charge on any atom is 0.153 e. The van der Waals surface area contributed by atoms with Crippen molar-refractivity contribution in [2.75, 3.05) is 6.61 Å². The van der Waals surface area contributed by atoms with Gasteiger partial charge in [-0.2, -0.15) is 0 Å². The first-order valence-corrected chi connectivity index (χ1v) is 4.75. The van der Waals surface area contributed by atoms with Crippen LogP contribution in [0.5, 0.6) is 5.75 Å². The minimum absolute atomic E-state index is 0.398. The summed E-state index contributed by atoms with van der Waals surface area (Å²) in [6.45, 7) is 7.64. The third-order valence-electron chi connectivity index (χ3n) is 1.96. The smallest absolute Gasteiger partial charge is 0.153 e. The summed E-state index contributed by atoms with van der Waals surface area (Å²) in [7, 11) is 0. The molecule has 0 saturated heterocycles. The largest absolute Gasteiger partial charge is 0.488 e. The minimum atomic E-state index is 0.398. The van der Waals surface area contributed by atoms with Crippen molar-refractivity contribution < 1.29 is 9.53 Å². The van der Waals surface area contributed by atoms with E-state index in [1.54, 1.807) is 18.2 Å². The Hall–Kier alpha value is -1.83. The van der Waals surface area contributed by atoms with E-state index in [0.29, 0.717) is 24.3 Å². The van der Waals surface area contributed by atoms with Crippen LogP contribution in [-0.2, 0) is 6.42 Å². The number of hydrogen-bond donors (Lipinski definition) is 0. The van der Waals surface area contributed by atoms with Crippen molar-refractivity contribution in [3.8, 4) is 5.75 Å². The van der Waals surface area contributed by atoms with Crippen molar-refractivity contribution in [1.29, 1.82) is 0 Å². The molecule has 1 aromatic rings. The lowest BCUT2D eigenvalue weighted by Crippen LogP contribution is -2.00. The highest BCUT2D eigenvalue weighted by molar-refractivity contribution is 5.80. The number of benzene rings is 1. The van der Waals surface area contributed by atoms with E-state index in [1.807, 2.05) is 12.1 Å². The van der Waals surface area contributed by atoms with Crippen LogP contribution in [0.2, 0.25) is 0 Å². The molecule has 0 saturated carbocycles. The van der Waals surface area contributed by atoms with Gasteiger partial charge in [-0.3, -0.25) is 4.79 Å². The van der Waals surface area contributed by atoms with Crippen molar-refractivity contribution in [3.05, 3.63) is 54.6 Å². The van der Waals surface area contributed by atoms with Gasteiger partial charge in [-0.1, -0.05) is 30.9 Å². The molecule has 0 atom stereocenters. The molecule has 0 spiro atoms. The normalized spacial score (nSPS) is 9.33. The van der Waals surface area contributed by atoms with Gasteiger partial charge in [0.2, 0.25) is 0 Å². The second-order valence-corrected chi connectivity index (χ2v) is 3.05. The van der Waals surface area contributed by atoms with Crippen molar-refractivity contribution >= 4 is 6.29 Å². The van der Waals surface area contributed by atoms with Gasteiger partial charge in [0.05, 0.1) is 5.56 Å². The molecular weight excluding hydrogens is 188 g/mol. The molecule has 0 radical (unpaired) electrons. The Morgan fingerprint density at radius 1 is 1.27 bits per heavy atom. The molecule has 0 aliphatic heterocycles. The fraction of sp³-hybridized carbons (Fsp3) is 0.154. The zero-order valence-corrected chi connectivity index (χ0v) is 8.61. The van der Waals surface area contributed by atoms with Gasteiger partial charge in [0.25, 0.3) is 0 Å². The first-order chi connectivity index (χ1) is 7.33. The molecule has 0 bridgehead atoms. The molecule has 2 heteroatoms. The van der Waals surface area contributed by atoms with Crippen LogP contribution in [0.1, 0.15) is 15.9 Å². The Kier molecular flexibility index (Phi) is 4.35. The molecule has 0 unspecified atom stereocenters. The summed E-state index contributed by atoms with van der Waals surface area (Å²) in [5.74, 6) is 0.632. The minimum Gasteiger partial charge on any atom is -0.488 e. The summed E-state index contributed by atoms with van der Waals surface area (Å²) < 4.78 is 5.46. The van der Waals surface area contributed by atoms with E-state index in [-0.39, 0.29) is 0 Å². The maximum atomic E-state index is 10.8. The second kappa shape index (κ2) is 5.81. The van der Waals surface area contributed by atoms with Crippen LogP contribution < -0.4 is 4.74 Å². The number of hydrogen-bond acceptors (Lipinski definition) is 2. The van der Waals surface area contributed by atoms with E-state index in [2.05, 4.69) is 13.2 Å². The predicted octanol–water partition coefficient (Wildman–Crippen LogP) is 2.79. The summed E-state index contributed by atoms with van der Waals surface area (Å²) in [6.07, 6.45) is 4.92. The molecule has 0 aliphatic carbocycles. The maximum absolute atomic E-state index is 10.8. The molecule has 0 heterocycles. The summed E-state index contributed by atoms with van der Waals surface area (Å²) in [4.78, 5) is 10.8. The monoisotopic (exact) mass is 202 g/mol. The molecule has 2 nitrogen and oxygen atoms in total. The zero-order valence-electron chi connectivity index (χ0n) is 8.61. The Balaban J connectivity index is 3.07. The second-order valence-electron chi connectivity index (χ2n) is 3.05. The fourth-order valence-corrected chi connectivity index (χ4v) is 1.33. The van der Waals surface area contributed by atoms with E-state index < -0.39 is 0 Å². The lowest BCUT2D eigenvalue weighted by atomic mass is 10.1. The van der Waals surface area contributed by atoms with Gasteiger partial charge < -0.3 is 4.74 Å². The average Bonchev–Trinajstić information content (AvgIpc) is 2.27. The van der Waals surface area contributed by atoms with E-state index in [9.17, 15) is 4.79 Å². The van der Waals surface area contributed by atoms with Gasteiger partial charge in [-0.15, -0.1) is 6.58 Å². The van der Waals surface area contributed by atoms with Crippen LogP contribution in [0.15, 0.2) is 43.5 Å². The summed E-state index contributed by atoms with van der Waals surface area (Å²) in [5, 5.41) is 0. The SMILES string of the molecule is C=CCOc1c(C=O)cccc1CC=C. The van der Waals surface area contributed by atoms with Gasteiger partial charge in [0.1, 0.15) is 12.4 Å². The summed E-state index contributed by atoms with van der Waals surface area (Å²) in [5.41, 5.74) is 1.53. The van der Waals surface area contributed by atoms with Gasteiger partial charge in [-0.25, -0.2) is 0 Å². The highest BCUT2D eigenvalue weighted by atomic mass is 16.5. The molecule has 0 fully saturated rings. The van der Waals surface area contributed by atoms with Crippen molar-refractivity contribution in [3.63, 3.8) is 0 Å². The van der Waals surface area contributed by atoms with E-state index in [4.69, 9.17) is 4.74 Å². The first-order valence-electron chi connectivity index (χ1n) is 4.75. The van der Waals surface area contributed by atoms with E-state index >= 15 is 0 Å². The molecule has 1 aromatic carbocycles. The molecule has 0 aliphatic rings. The average molecular weight is 202 g/mol. The Bertz CT molecular complexity index is 367. The van der Waals surface area contributed by atoms with Crippen LogP contribution in [-0.4, -0.2) is 12.9 Å². The fourth-order valence-electron chi connectivity index (χ4n) is 1.33. The van der Waals surface area contributed by atoms with Crippen LogP contribution in [0.3, 0.4) is 0 Å². The predicted molar refractivity (Wildman–Crippen MR) is 61.4 cm³/mol. The van der Waals surface area contributed by atoms with Gasteiger partial charge >= 0.3 is 0 Å². The first kappa shape index (κ1) is 11.2. The molecule has 0 amide bonds. The number of aldehydes is 1. The third-order valence-corrected chi connectivity index (χ3v) is 1.96. The third kappa shape index (κ3) is 2.81. The lowest BCUT2D eigenvalue weighted by Gasteiger charge is -2.10. The Morgan fingerprint density at radius 2 is 2.07 bits per heavy atom. The van der Waals surface area contributed by atoms with Gasteiger partial charge in [0, 0.05) is 0 Å². The zero-order chi connectivity index (χ0) is 11.1. The highest BCUT2D eigenvalue weighted by Gasteiger charge is 2.07. The quantitative estimate of drug-likeness (QED) is 0.523. The summed E-state index contributed by atoms with van der Waals surface area (Å²) >= 11 is 0. The van der Waals surface area contributed by atoms with E-state index in [0.717, 1.165) is 11.8 Å². The van der Waals surface area contributed by atoms with Crippen LogP contribution in [0, 0.1) is 0 Å². The topological polar surface area (TPSA) is 26.3 Å². The van der Waals surface area contributed by atoms with Crippen LogP contribution in [0.4, 0.5) is 0 Å². The van der Waals surface area contributed by atoms with Crippen molar-refractivity contribution in [1.82, 2.24) is 0 Å². The number of allylic oxidation sites excluding steroid dienone is 1. The lowest BCUT2D eigenvalue weighted by molar-refractivity contribution is 0.112. The summed E-state index contributed by atoms with van der Waals surface area (Å²) in [6, 6.07) is 5.49. The standard InChI is InChI=1S/C13H14O2/c1-3-6-11-7-5-8-12(10-14)13(11)15-9-4-2/h3-5,7-8,10H,1-2,6,9H2. The number of rotatable bonds is 6. The van der Waals surface area contributed by atoms with Gasteiger partial charge in [-0.05, 0) is 18.1 Å². The number of carbonyl (C=O) groups is 1. The molecule has 0 N–H and O–H groups in total. The van der Waals surface area contributed by atoms with Crippen LogP contribution in [0.25, 0.3) is 0 Å². The Labute approximate surface area is 89.9 Å². The Morgan fingerprint density at radius 3 is 2.67 bits per heavy atom. The molecule has 0 aromatic heterocycles. The molecule has 15 heavy (non-hydrogen) atoms. The van der Waals surface area contributed by atoms with E-state index in [1.165, 1.54) is 0 Å². The van der Waals surface area contributed by atoms with Crippen molar-refractivity contribution in [2.24, 2.45) is 0 Å². The molecular formula is C13H14O2. The number of carbonyl (C=O) groups excluding carboxylic acids is 1.